The highest BCUT2D eigenvalue weighted by atomic mass is 15.0. The molecule has 0 saturated heterocycles. The zero-order valence-corrected chi connectivity index (χ0v) is 31.7. The van der Waals surface area contributed by atoms with Crippen molar-refractivity contribution >= 4 is 65.2 Å². The SMILES string of the molecule is c1ccc2c(c1)cc(-c1ccc(-c3ccc(-n4c5ccccc5c5ccccc54)cc3)c(-c3ccc(-n4c5ccccc5c5ccccc54)cc3)c1)c1ccccc12. The fourth-order valence-corrected chi connectivity index (χ4v) is 9.48. The molecule has 0 spiro atoms. The van der Waals surface area contributed by atoms with Gasteiger partial charge in [0.25, 0.3) is 0 Å². The van der Waals surface area contributed by atoms with Crippen molar-refractivity contribution in [2.45, 2.75) is 0 Å². The van der Waals surface area contributed by atoms with Crippen LogP contribution in [0.2, 0.25) is 0 Å². The average Bonchev–Trinajstić information content (AvgIpc) is 3.82. The molecule has 0 aliphatic heterocycles. The summed E-state index contributed by atoms with van der Waals surface area (Å²) in [6, 6.07) is 80.1. The van der Waals surface area contributed by atoms with Crippen LogP contribution < -0.4 is 0 Å². The topological polar surface area (TPSA) is 9.86 Å². The average molecular weight is 737 g/mol. The van der Waals surface area contributed by atoms with Crippen LogP contribution in [0.15, 0.2) is 218 Å². The van der Waals surface area contributed by atoms with E-state index >= 15 is 0 Å². The second-order valence-electron chi connectivity index (χ2n) is 15.3. The summed E-state index contributed by atoms with van der Waals surface area (Å²) in [6.07, 6.45) is 0. The van der Waals surface area contributed by atoms with Crippen LogP contribution in [0.25, 0.3) is 110 Å². The molecule has 0 fully saturated rings. The van der Waals surface area contributed by atoms with Gasteiger partial charge in [0.2, 0.25) is 0 Å². The summed E-state index contributed by atoms with van der Waals surface area (Å²) in [5.41, 5.74) is 14.4. The van der Waals surface area contributed by atoms with Gasteiger partial charge in [-0.1, -0.05) is 158 Å². The lowest BCUT2D eigenvalue weighted by atomic mass is 9.88. The molecule has 0 bridgehead atoms. The van der Waals surface area contributed by atoms with Crippen molar-refractivity contribution < 1.29 is 0 Å². The van der Waals surface area contributed by atoms with E-state index in [0.29, 0.717) is 0 Å². The minimum Gasteiger partial charge on any atom is -0.309 e. The molecule has 0 saturated carbocycles. The minimum absolute atomic E-state index is 1.15. The largest absolute Gasteiger partial charge is 0.309 e. The van der Waals surface area contributed by atoms with Gasteiger partial charge in [-0.15, -0.1) is 0 Å². The molecular formula is C56H36N2. The number of nitrogens with zero attached hydrogens (tertiary/aromatic N) is 2. The van der Waals surface area contributed by atoms with Crippen LogP contribution in [0.5, 0.6) is 0 Å². The molecule has 2 nitrogen and oxygen atoms in total. The van der Waals surface area contributed by atoms with Crippen molar-refractivity contribution in [3.8, 4) is 44.8 Å². The number of aromatic nitrogens is 2. The Morgan fingerprint density at radius 3 is 1.10 bits per heavy atom. The molecule has 2 aromatic heterocycles. The van der Waals surface area contributed by atoms with Gasteiger partial charge in [-0.05, 0) is 116 Å². The second kappa shape index (κ2) is 12.9. The lowest BCUT2D eigenvalue weighted by Gasteiger charge is -2.17. The number of rotatable bonds is 5. The highest BCUT2D eigenvalue weighted by Gasteiger charge is 2.17. The molecule has 0 radical (unpaired) electrons. The Hall–Kier alpha value is -7.68. The molecule has 2 heteroatoms. The molecule has 0 aliphatic rings. The monoisotopic (exact) mass is 736 g/mol. The Morgan fingerprint density at radius 1 is 0.224 bits per heavy atom. The zero-order chi connectivity index (χ0) is 38.2. The van der Waals surface area contributed by atoms with Crippen molar-refractivity contribution in [3.63, 3.8) is 0 Å². The highest BCUT2D eigenvalue weighted by molar-refractivity contribution is 6.14. The Kier molecular flexibility index (Phi) is 7.26. The second-order valence-corrected chi connectivity index (χ2v) is 15.3. The van der Waals surface area contributed by atoms with E-state index in [-0.39, 0.29) is 0 Å². The third kappa shape index (κ3) is 4.99. The van der Waals surface area contributed by atoms with Crippen LogP contribution in [-0.2, 0) is 0 Å². The lowest BCUT2D eigenvalue weighted by molar-refractivity contribution is 1.18. The number of fused-ring (bicyclic) bond motifs is 9. The van der Waals surface area contributed by atoms with E-state index in [1.807, 2.05) is 0 Å². The van der Waals surface area contributed by atoms with Crippen LogP contribution in [0, 0.1) is 0 Å². The third-order valence-electron chi connectivity index (χ3n) is 12.1. The quantitative estimate of drug-likeness (QED) is 0.156. The molecule has 0 aliphatic carbocycles. The molecule has 0 amide bonds. The summed E-state index contributed by atoms with van der Waals surface area (Å²) >= 11 is 0. The van der Waals surface area contributed by atoms with E-state index in [9.17, 15) is 0 Å². The first-order chi connectivity index (χ1) is 28.8. The summed E-state index contributed by atoms with van der Waals surface area (Å²) < 4.78 is 4.77. The number of hydrogen-bond donors (Lipinski definition) is 0. The van der Waals surface area contributed by atoms with Gasteiger partial charge in [-0.2, -0.15) is 0 Å². The van der Waals surface area contributed by atoms with Gasteiger partial charge in [-0.3, -0.25) is 0 Å². The number of benzene rings is 10. The van der Waals surface area contributed by atoms with Crippen LogP contribution >= 0.6 is 0 Å². The first kappa shape index (κ1) is 32.6. The van der Waals surface area contributed by atoms with Crippen LogP contribution in [0.3, 0.4) is 0 Å². The molecule has 58 heavy (non-hydrogen) atoms. The molecule has 0 N–H and O–H groups in total. The van der Waals surface area contributed by atoms with E-state index in [0.717, 1.165) is 11.4 Å². The van der Waals surface area contributed by atoms with Gasteiger partial charge in [0.1, 0.15) is 0 Å². The molecule has 2 heterocycles. The number of para-hydroxylation sites is 4. The zero-order valence-electron chi connectivity index (χ0n) is 31.7. The van der Waals surface area contributed by atoms with Crippen molar-refractivity contribution in [2.75, 3.05) is 0 Å². The van der Waals surface area contributed by atoms with E-state index in [2.05, 4.69) is 228 Å². The minimum atomic E-state index is 1.15. The smallest absolute Gasteiger partial charge is 0.0541 e. The van der Waals surface area contributed by atoms with E-state index < -0.39 is 0 Å². The van der Waals surface area contributed by atoms with Gasteiger partial charge < -0.3 is 9.13 Å². The number of hydrogen-bond acceptors (Lipinski definition) is 0. The van der Waals surface area contributed by atoms with Gasteiger partial charge in [0, 0.05) is 32.9 Å². The molecule has 12 rings (SSSR count). The lowest BCUT2D eigenvalue weighted by Crippen LogP contribution is -1.95. The van der Waals surface area contributed by atoms with E-state index in [1.165, 1.54) is 98.5 Å². The van der Waals surface area contributed by atoms with Crippen LogP contribution in [0.4, 0.5) is 0 Å². The van der Waals surface area contributed by atoms with Gasteiger partial charge in [0.15, 0.2) is 0 Å². The molecule has 12 aromatic rings. The summed E-state index contributed by atoms with van der Waals surface area (Å²) in [7, 11) is 0. The molecule has 0 atom stereocenters. The van der Waals surface area contributed by atoms with Crippen molar-refractivity contribution in [3.05, 3.63) is 218 Å². The summed E-state index contributed by atoms with van der Waals surface area (Å²) in [5, 5.41) is 10.1. The Balaban J connectivity index is 1.03. The normalized spacial score (nSPS) is 11.8. The maximum atomic E-state index is 2.40. The Bertz CT molecular complexity index is 3440. The van der Waals surface area contributed by atoms with Crippen LogP contribution in [0.1, 0.15) is 0 Å². The first-order valence-electron chi connectivity index (χ1n) is 20.0. The summed E-state index contributed by atoms with van der Waals surface area (Å²) in [5.74, 6) is 0. The van der Waals surface area contributed by atoms with Gasteiger partial charge in [-0.25, -0.2) is 0 Å². The molecule has 270 valence electrons. The maximum Gasteiger partial charge on any atom is 0.0541 e. The van der Waals surface area contributed by atoms with Gasteiger partial charge in [0.05, 0.1) is 22.1 Å². The maximum absolute atomic E-state index is 2.40. The van der Waals surface area contributed by atoms with E-state index in [1.54, 1.807) is 0 Å². The van der Waals surface area contributed by atoms with Crippen molar-refractivity contribution in [2.24, 2.45) is 0 Å². The third-order valence-corrected chi connectivity index (χ3v) is 12.1. The Morgan fingerprint density at radius 2 is 0.603 bits per heavy atom. The van der Waals surface area contributed by atoms with Crippen molar-refractivity contribution in [1.29, 1.82) is 0 Å². The van der Waals surface area contributed by atoms with Gasteiger partial charge >= 0.3 is 0 Å². The Labute approximate surface area is 336 Å². The first-order valence-corrected chi connectivity index (χ1v) is 20.0. The van der Waals surface area contributed by atoms with Crippen LogP contribution in [-0.4, -0.2) is 9.13 Å². The highest BCUT2D eigenvalue weighted by Crippen LogP contribution is 2.41. The summed E-state index contributed by atoms with van der Waals surface area (Å²) in [4.78, 5) is 0. The summed E-state index contributed by atoms with van der Waals surface area (Å²) in [6.45, 7) is 0. The van der Waals surface area contributed by atoms with E-state index in [4.69, 9.17) is 0 Å². The standard InChI is InChI=1S/C56H36N2/c1-2-14-43-39(13-1)35-52(46-16-4-3-15-45(43)46)40-29-34-44(37-25-30-41(31-26-37)57-53-21-9-5-17-47(53)48-18-6-10-22-54(48)57)51(36-40)38-27-32-42(33-28-38)58-55-23-11-7-19-49(55)50-20-8-12-24-56(50)58/h1-36H. The molecular weight excluding hydrogens is 701 g/mol. The fourth-order valence-electron chi connectivity index (χ4n) is 9.48. The molecule has 0 unspecified atom stereocenters. The van der Waals surface area contributed by atoms with Crippen molar-refractivity contribution in [1.82, 2.24) is 9.13 Å². The molecule has 10 aromatic carbocycles. The predicted molar refractivity (Wildman–Crippen MR) is 246 cm³/mol. The fraction of sp³-hybridized carbons (Fsp3) is 0. The predicted octanol–water partition coefficient (Wildman–Crippen LogP) is 15.2.